The van der Waals surface area contributed by atoms with Crippen molar-refractivity contribution in [2.75, 3.05) is 13.2 Å². The SMILES string of the molecule is C=CCOc1ccc(CCCO)cc1Br. The number of aliphatic hydroxyl groups is 1. The second-order valence-electron chi connectivity index (χ2n) is 3.19. The minimum Gasteiger partial charge on any atom is -0.488 e. The van der Waals surface area contributed by atoms with Crippen LogP contribution in [0.25, 0.3) is 0 Å². The van der Waals surface area contributed by atoms with Gasteiger partial charge >= 0.3 is 0 Å². The van der Waals surface area contributed by atoms with E-state index in [1.807, 2.05) is 18.2 Å². The summed E-state index contributed by atoms with van der Waals surface area (Å²) in [5.74, 6) is 0.822. The van der Waals surface area contributed by atoms with Gasteiger partial charge in [-0.15, -0.1) is 0 Å². The van der Waals surface area contributed by atoms with Crippen LogP contribution in [0.1, 0.15) is 12.0 Å². The molecule has 0 heterocycles. The Labute approximate surface area is 98.7 Å². The highest BCUT2D eigenvalue weighted by atomic mass is 79.9. The Kier molecular flexibility index (Phi) is 5.43. The van der Waals surface area contributed by atoms with Crippen LogP contribution in [-0.2, 0) is 6.42 Å². The van der Waals surface area contributed by atoms with Gasteiger partial charge < -0.3 is 9.84 Å². The number of benzene rings is 1. The lowest BCUT2D eigenvalue weighted by molar-refractivity contribution is 0.288. The molecule has 0 fully saturated rings. The molecule has 0 aliphatic rings. The molecule has 0 aliphatic heterocycles. The molecule has 0 atom stereocenters. The highest BCUT2D eigenvalue weighted by molar-refractivity contribution is 9.10. The van der Waals surface area contributed by atoms with Gasteiger partial charge in [0.05, 0.1) is 4.47 Å². The number of hydrogen-bond acceptors (Lipinski definition) is 2. The van der Waals surface area contributed by atoms with Crippen molar-refractivity contribution in [2.24, 2.45) is 0 Å². The molecular formula is C12H15BrO2. The van der Waals surface area contributed by atoms with Crippen molar-refractivity contribution < 1.29 is 9.84 Å². The van der Waals surface area contributed by atoms with Gasteiger partial charge in [0.15, 0.2) is 0 Å². The zero-order valence-electron chi connectivity index (χ0n) is 8.58. The maximum atomic E-state index is 8.72. The molecule has 2 nitrogen and oxygen atoms in total. The van der Waals surface area contributed by atoms with Crippen LogP contribution in [0.3, 0.4) is 0 Å². The monoisotopic (exact) mass is 270 g/mol. The van der Waals surface area contributed by atoms with Crippen molar-refractivity contribution in [1.82, 2.24) is 0 Å². The van der Waals surface area contributed by atoms with Crippen molar-refractivity contribution in [2.45, 2.75) is 12.8 Å². The lowest BCUT2D eigenvalue weighted by Crippen LogP contribution is -1.95. The second kappa shape index (κ2) is 6.64. The van der Waals surface area contributed by atoms with E-state index in [0.29, 0.717) is 6.61 Å². The quantitative estimate of drug-likeness (QED) is 0.806. The molecule has 3 heteroatoms. The highest BCUT2D eigenvalue weighted by Gasteiger charge is 2.01. The molecule has 0 aromatic heterocycles. The van der Waals surface area contributed by atoms with E-state index in [1.165, 1.54) is 5.56 Å². The standard InChI is InChI=1S/C12H15BrO2/c1-2-8-15-12-6-5-10(4-3-7-14)9-11(12)13/h2,5-6,9,14H,1,3-4,7-8H2. The molecule has 0 amide bonds. The molecule has 0 spiro atoms. The van der Waals surface area contributed by atoms with E-state index < -0.39 is 0 Å². The van der Waals surface area contributed by atoms with E-state index in [2.05, 4.69) is 22.5 Å². The van der Waals surface area contributed by atoms with Crippen LogP contribution in [0.5, 0.6) is 5.75 Å². The minimum atomic E-state index is 0.229. The summed E-state index contributed by atoms with van der Waals surface area (Å²) in [6.07, 6.45) is 3.39. The van der Waals surface area contributed by atoms with Crippen LogP contribution < -0.4 is 4.74 Å². The van der Waals surface area contributed by atoms with E-state index in [0.717, 1.165) is 23.1 Å². The fourth-order valence-corrected chi connectivity index (χ4v) is 1.79. The Hall–Kier alpha value is -0.800. The highest BCUT2D eigenvalue weighted by Crippen LogP contribution is 2.26. The van der Waals surface area contributed by atoms with Gasteiger partial charge in [-0.2, -0.15) is 0 Å². The summed E-state index contributed by atoms with van der Waals surface area (Å²) in [4.78, 5) is 0. The molecular weight excluding hydrogens is 256 g/mol. The van der Waals surface area contributed by atoms with E-state index >= 15 is 0 Å². The summed E-state index contributed by atoms with van der Waals surface area (Å²) in [5, 5.41) is 8.72. The van der Waals surface area contributed by atoms with Gasteiger partial charge in [-0.3, -0.25) is 0 Å². The summed E-state index contributed by atoms with van der Waals surface area (Å²) in [5.41, 5.74) is 1.20. The largest absolute Gasteiger partial charge is 0.488 e. The van der Waals surface area contributed by atoms with Crippen LogP contribution in [0.2, 0.25) is 0 Å². The van der Waals surface area contributed by atoms with Crippen LogP contribution >= 0.6 is 15.9 Å². The molecule has 0 radical (unpaired) electrons. The second-order valence-corrected chi connectivity index (χ2v) is 4.05. The zero-order valence-corrected chi connectivity index (χ0v) is 10.2. The molecule has 15 heavy (non-hydrogen) atoms. The summed E-state index contributed by atoms with van der Waals surface area (Å²) >= 11 is 3.45. The van der Waals surface area contributed by atoms with Crippen molar-refractivity contribution in [3.8, 4) is 5.75 Å². The van der Waals surface area contributed by atoms with Crippen LogP contribution in [-0.4, -0.2) is 18.3 Å². The summed E-state index contributed by atoms with van der Waals surface area (Å²) in [6, 6.07) is 5.97. The molecule has 82 valence electrons. The van der Waals surface area contributed by atoms with Crippen LogP contribution in [0, 0.1) is 0 Å². The van der Waals surface area contributed by atoms with E-state index in [4.69, 9.17) is 9.84 Å². The van der Waals surface area contributed by atoms with E-state index in [9.17, 15) is 0 Å². The molecule has 0 aliphatic carbocycles. The number of halogens is 1. The number of hydrogen-bond donors (Lipinski definition) is 1. The fraction of sp³-hybridized carbons (Fsp3) is 0.333. The smallest absolute Gasteiger partial charge is 0.133 e. The van der Waals surface area contributed by atoms with Crippen molar-refractivity contribution in [1.29, 1.82) is 0 Å². The van der Waals surface area contributed by atoms with Gasteiger partial charge in [0, 0.05) is 6.61 Å². The Morgan fingerprint density at radius 3 is 2.87 bits per heavy atom. The number of rotatable bonds is 6. The van der Waals surface area contributed by atoms with Gasteiger partial charge in [0.1, 0.15) is 12.4 Å². The first kappa shape index (κ1) is 12.3. The summed E-state index contributed by atoms with van der Waals surface area (Å²) in [6.45, 7) is 4.33. The van der Waals surface area contributed by atoms with Crippen LogP contribution in [0.4, 0.5) is 0 Å². The molecule has 0 saturated carbocycles. The third kappa shape index (κ3) is 4.06. The first-order valence-corrected chi connectivity index (χ1v) is 5.70. The normalized spacial score (nSPS) is 10.0. The Morgan fingerprint density at radius 1 is 1.47 bits per heavy atom. The maximum Gasteiger partial charge on any atom is 0.133 e. The van der Waals surface area contributed by atoms with Crippen molar-refractivity contribution in [3.63, 3.8) is 0 Å². The maximum absolute atomic E-state index is 8.72. The van der Waals surface area contributed by atoms with Crippen molar-refractivity contribution >= 4 is 15.9 Å². The number of ether oxygens (including phenoxy) is 1. The zero-order chi connectivity index (χ0) is 11.1. The lowest BCUT2D eigenvalue weighted by atomic mass is 10.1. The van der Waals surface area contributed by atoms with Gasteiger partial charge in [-0.1, -0.05) is 18.7 Å². The van der Waals surface area contributed by atoms with E-state index in [-0.39, 0.29) is 6.61 Å². The Bertz CT molecular complexity index is 323. The number of aliphatic hydroxyl groups excluding tert-OH is 1. The Morgan fingerprint density at radius 2 is 2.27 bits per heavy atom. The van der Waals surface area contributed by atoms with Crippen LogP contribution in [0.15, 0.2) is 35.3 Å². The molecule has 1 N–H and O–H groups in total. The molecule has 1 aromatic rings. The molecule has 0 unspecified atom stereocenters. The molecule has 1 aromatic carbocycles. The third-order valence-corrected chi connectivity index (χ3v) is 2.60. The predicted molar refractivity (Wildman–Crippen MR) is 65.2 cm³/mol. The fourth-order valence-electron chi connectivity index (χ4n) is 1.25. The van der Waals surface area contributed by atoms with Gasteiger partial charge in [-0.05, 0) is 46.5 Å². The van der Waals surface area contributed by atoms with Gasteiger partial charge in [0.25, 0.3) is 0 Å². The average Bonchev–Trinajstić information content (AvgIpc) is 2.25. The van der Waals surface area contributed by atoms with Gasteiger partial charge in [-0.25, -0.2) is 0 Å². The Balaban J connectivity index is 2.65. The topological polar surface area (TPSA) is 29.5 Å². The molecule has 1 rings (SSSR count). The third-order valence-electron chi connectivity index (χ3n) is 1.98. The number of aryl methyl sites for hydroxylation is 1. The minimum absolute atomic E-state index is 0.229. The summed E-state index contributed by atoms with van der Waals surface area (Å²) in [7, 11) is 0. The first-order chi connectivity index (χ1) is 7.27. The average molecular weight is 271 g/mol. The van der Waals surface area contributed by atoms with Crippen molar-refractivity contribution in [3.05, 3.63) is 40.9 Å². The molecule has 0 bridgehead atoms. The van der Waals surface area contributed by atoms with E-state index in [1.54, 1.807) is 6.08 Å². The molecule has 0 saturated heterocycles. The predicted octanol–water partition coefficient (Wildman–Crippen LogP) is 2.94. The lowest BCUT2D eigenvalue weighted by Gasteiger charge is -2.07. The first-order valence-electron chi connectivity index (χ1n) is 4.91. The summed E-state index contributed by atoms with van der Waals surface area (Å²) < 4.78 is 6.38. The van der Waals surface area contributed by atoms with Gasteiger partial charge in [0.2, 0.25) is 0 Å².